The molecule has 3 nitrogen and oxygen atoms in total. The number of benzene rings is 1. The lowest BCUT2D eigenvalue weighted by Gasteiger charge is -2.39. The third-order valence-corrected chi connectivity index (χ3v) is 5.95. The molecule has 1 aliphatic carbocycles. The maximum Gasteiger partial charge on any atom is 0.123 e. The van der Waals surface area contributed by atoms with Gasteiger partial charge in [0.1, 0.15) is 5.82 Å². The van der Waals surface area contributed by atoms with Gasteiger partial charge in [-0.25, -0.2) is 4.39 Å². The van der Waals surface area contributed by atoms with E-state index >= 15 is 0 Å². The minimum atomic E-state index is -0.138. The lowest BCUT2D eigenvalue weighted by molar-refractivity contribution is -0.0452. The Morgan fingerprint density at radius 1 is 1.26 bits per heavy atom. The van der Waals surface area contributed by atoms with Crippen LogP contribution in [0.4, 0.5) is 4.39 Å². The molecule has 0 bridgehead atoms. The second-order valence-electron chi connectivity index (χ2n) is 7.65. The second-order valence-corrected chi connectivity index (χ2v) is 7.65. The summed E-state index contributed by atoms with van der Waals surface area (Å²) in [6.07, 6.45) is 6.13. The van der Waals surface area contributed by atoms with E-state index in [-0.39, 0.29) is 11.4 Å². The highest BCUT2D eigenvalue weighted by Gasteiger charge is 2.45. The summed E-state index contributed by atoms with van der Waals surface area (Å²) >= 11 is 0. The highest BCUT2D eigenvalue weighted by atomic mass is 19.1. The number of halogens is 1. The molecule has 0 N–H and O–H groups in total. The number of hydrogen-bond acceptors (Lipinski definition) is 3. The molecule has 0 aromatic heterocycles. The van der Waals surface area contributed by atoms with Crippen LogP contribution in [0.2, 0.25) is 0 Å². The van der Waals surface area contributed by atoms with E-state index in [1.54, 1.807) is 12.1 Å². The molecular formula is C19H27FN2O. The fourth-order valence-corrected chi connectivity index (χ4v) is 4.22. The van der Waals surface area contributed by atoms with Crippen molar-refractivity contribution < 1.29 is 9.13 Å². The van der Waals surface area contributed by atoms with Crippen LogP contribution in [-0.2, 0) is 11.3 Å². The summed E-state index contributed by atoms with van der Waals surface area (Å²) in [6, 6.07) is 8.40. The number of rotatable bonds is 4. The van der Waals surface area contributed by atoms with Crippen molar-refractivity contribution in [2.45, 2.75) is 56.3 Å². The number of ether oxygens (including phenoxy) is 1. The Morgan fingerprint density at radius 3 is 2.74 bits per heavy atom. The fraction of sp³-hybridized carbons (Fsp3) is 0.684. The standard InChI is InChI=1S/C19H27FN2O/c1-21(17-5-6-17)18-12-19(23-14-18)7-9-22(10-8-19)13-15-3-2-4-16(20)11-15/h2-4,11,17-18H,5-10,12-14H2,1H3. The van der Waals surface area contributed by atoms with Crippen molar-refractivity contribution in [3.63, 3.8) is 0 Å². The lowest BCUT2D eigenvalue weighted by atomic mass is 9.87. The van der Waals surface area contributed by atoms with Gasteiger partial charge in [0.15, 0.2) is 0 Å². The fourth-order valence-electron chi connectivity index (χ4n) is 4.22. The number of likely N-dealkylation sites (N-methyl/N-ethyl adjacent to an activating group) is 1. The Balaban J connectivity index is 1.30. The molecule has 1 saturated carbocycles. The molecule has 1 atom stereocenters. The summed E-state index contributed by atoms with van der Waals surface area (Å²) in [6.45, 7) is 3.85. The van der Waals surface area contributed by atoms with E-state index in [2.05, 4.69) is 16.8 Å². The van der Waals surface area contributed by atoms with Crippen molar-refractivity contribution in [3.05, 3.63) is 35.6 Å². The van der Waals surface area contributed by atoms with Gasteiger partial charge in [0.2, 0.25) is 0 Å². The van der Waals surface area contributed by atoms with Crippen molar-refractivity contribution in [3.8, 4) is 0 Å². The van der Waals surface area contributed by atoms with Gasteiger partial charge in [0.05, 0.1) is 12.2 Å². The molecule has 4 rings (SSSR count). The molecule has 4 heteroatoms. The Labute approximate surface area is 138 Å². The van der Waals surface area contributed by atoms with Crippen LogP contribution in [0.1, 0.15) is 37.7 Å². The first-order valence-corrected chi connectivity index (χ1v) is 8.96. The van der Waals surface area contributed by atoms with Gasteiger partial charge in [-0.05, 0) is 56.8 Å². The zero-order valence-electron chi connectivity index (χ0n) is 14.0. The van der Waals surface area contributed by atoms with Crippen LogP contribution in [0.25, 0.3) is 0 Å². The van der Waals surface area contributed by atoms with Gasteiger partial charge in [0.25, 0.3) is 0 Å². The van der Waals surface area contributed by atoms with Crippen molar-refractivity contribution in [2.75, 3.05) is 26.7 Å². The predicted molar refractivity (Wildman–Crippen MR) is 88.8 cm³/mol. The van der Waals surface area contributed by atoms with Gasteiger partial charge in [0, 0.05) is 31.7 Å². The first-order valence-electron chi connectivity index (χ1n) is 8.96. The molecule has 1 aromatic rings. The maximum atomic E-state index is 13.3. The molecule has 1 unspecified atom stereocenters. The molecule has 3 fully saturated rings. The minimum Gasteiger partial charge on any atom is -0.373 e. The average Bonchev–Trinajstić information content (AvgIpc) is 3.31. The number of likely N-dealkylation sites (tertiary alicyclic amines) is 1. The van der Waals surface area contributed by atoms with Gasteiger partial charge in [-0.2, -0.15) is 0 Å². The Bertz CT molecular complexity index is 552. The van der Waals surface area contributed by atoms with Crippen LogP contribution >= 0.6 is 0 Å². The normalized spacial score (nSPS) is 27.9. The minimum absolute atomic E-state index is 0.103. The van der Waals surface area contributed by atoms with Crippen LogP contribution in [0.15, 0.2) is 24.3 Å². The van der Waals surface area contributed by atoms with Crippen LogP contribution in [-0.4, -0.2) is 54.2 Å². The molecule has 3 aliphatic rings. The monoisotopic (exact) mass is 318 g/mol. The maximum absolute atomic E-state index is 13.3. The van der Waals surface area contributed by atoms with E-state index < -0.39 is 0 Å². The van der Waals surface area contributed by atoms with E-state index in [9.17, 15) is 4.39 Å². The van der Waals surface area contributed by atoms with Crippen LogP contribution < -0.4 is 0 Å². The van der Waals surface area contributed by atoms with E-state index in [1.807, 2.05) is 6.07 Å². The molecule has 1 aromatic carbocycles. The van der Waals surface area contributed by atoms with Crippen LogP contribution in [0.3, 0.4) is 0 Å². The summed E-state index contributed by atoms with van der Waals surface area (Å²) < 4.78 is 19.6. The van der Waals surface area contributed by atoms with Gasteiger partial charge in [-0.15, -0.1) is 0 Å². The zero-order chi connectivity index (χ0) is 15.9. The lowest BCUT2D eigenvalue weighted by Crippen LogP contribution is -2.44. The summed E-state index contributed by atoms with van der Waals surface area (Å²) in [5.74, 6) is -0.138. The van der Waals surface area contributed by atoms with E-state index in [0.29, 0.717) is 6.04 Å². The highest BCUT2D eigenvalue weighted by molar-refractivity contribution is 5.16. The predicted octanol–water partition coefficient (Wildman–Crippen LogP) is 3.04. The summed E-state index contributed by atoms with van der Waals surface area (Å²) in [5.41, 5.74) is 1.17. The summed E-state index contributed by atoms with van der Waals surface area (Å²) in [7, 11) is 2.27. The van der Waals surface area contributed by atoms with E-state index in [4.69, 9.17) is 4.74 Å². The van der Waals surface area contributed by atoms with Gasteiger partial charge < -0.3 is 4.74 Å². The molecule has 1 spiro atoms. The van der Waals surface area contributed by atoms with E-state index in [1.165, 1.54) is 25.3 Å². The smallest absolute Gasteiger partial charge is 0.123 e. The molecule has 0 amide bonds. The third-order valence-electron chi connectivity index (χ3n) is 5.95. The SMILES string of the molecule is CN(C1CC1)C1COC2(CCN(Cc3cccc(F)c3)CC2)C1. The van der Waals surface area contributed by atoms with Gasteiger partial charge >= 0.3 is 0 Å². The van der Waals surface area contributed by atoms with E-state index in [0.717, 1.165) is 50.7 Å². The Morgan fingerprint density at radius 2 is 2.04 bits per heavy atom. The third kappa shape index (κ3) is 3.44. The second kappa shape index (κ2) is 6.15. The van der Waals surface area contributed by atoms with Gasteiger partial charge in [-0.3, -0.25) is 9.80 Å². The molecule has 126 valence electrons. The molecular weight excluding hydrogens is 291 g/mol. The Kier molecular flexibility index (Phi) is 4.16. The van der Waals surface area contributed by atoms with Crippen molar-refractivity contribution in [1.82, 2.24) is 9.80 Å². The summed E-state index contributed by atoms with van der Waals surface area (Å²) in [4.78, 5) is 4.98. The average molecular weight is 318 g/mol. The number of hydrogen-bond donors (Lipinski definition) is 0. The molecule has 2 heterocycles. The largest absolute Gasteiger partial charge is 0.373 e. The zero-order valence-corrected chi connectivity index (χ0v) is 14.0. The summed E-state index contributed by atoms with van der Waals surface area (Å²) in [5, 5.41) is 0. The topological polar surface area (TPSA) is 15.7 Å². The number of nitrogens with zero attached hydrogens (tertiary/aromatic N) is 2. The van der Waals surface area contributed by atoms with Crippen molar-refractivity contribution in [2.24, 2.45) is 0 Å². The molecule has 0 radical (unpaired) electrons. The Hall–Kier alpha value is -0.970. The number of piperidine rings is 1. The highest BCUT2D eigenvalue weighted by Crippen LogP contribution is 2.40. The van der Waals surface area contributed by atoms with Crippen molar-refractivity contribution >= 4 is 0 Å². The molecule has 2 saturated heterocycles. The van der Waals surface area contributed by atoms with Crippen LogP contribution in [0, 0.1) is 5.82 Å². The first-order chi connectivity index (χ1) is 11.1. The molecule has 23 heavy (non-hydrogen) atoms. The molecule has 2 aliphatic heterocycles. The van der Waals surface area contributed by atoms with Crippen molar-refractivity contribution in [1.29, 1.82) is 0 Å². The van der Waals surface area contributed by atoms with Crippen LogP contribution in [0.5, 0.6) is 0 Å². The quantitative estimate of drug-likeness (QED) is 0.849. The first kappa shape index (κ1) is 15.6. The van der Waals surface area contributed by atoms with Gasteiger partial charge in [-0.1, -0.05) is 12.1 Å².